The lowest BCUT2D eigenvalue weighted by Crippen LogP contribution is -2.44. The van der Waals surface area contributed by atoms with Crippen molar-refractivity contribution in [3.05, 3.63) is 0 Å². The molecule has 1 atom stereocenters. The zero-order valence-electron chi connectivity index (χ0n) is 6.61. The Labute approximate surface area is 68.1 Å². The van der Waals surface area contributed by atoms with E-state index in [1.165, 1.54) is 0 Å². The van der Waals surface area contributed by atoms with Crippen LogP contribution in [-0.4, -0.2) is 24.7 Å². The Morgan fingerprint density at radius 3 is 2.33 bits per heavy atom. The van der Waals surface area contributed by atoms with Crippen molar-refractivity contribution >= 4 is 5.91 Å². The highest BCUT2D eigenvalue weighted by atomic mass is 19.4. The Kier molecular flexibility index (Phi) is 4.02. The van der Waals surface area contributed by atoms with Crippen LogP contribution in [0.3, 0.4) is 0 Å². The summed E-state index contributed by atoms with van der Waals surface area (Å²) in [6, 6.07) is -0.897. The van der Waals surface area contributed by atoms with E-state index in [1.807, 2.05) is 5.32 Å². The van der Waals surface area contributed by atoms with Crippen LogP contribution in [-0.2, 0) is 4.79 Å². The van der Waals surface area contributed by atoms with Gasteiger partial charge in [0.2, 0.25) is 5.91 Å². The summed E-state index contributed by atoms with van der Waals surface area (Å²) < 4.78 is 34.8. The fourth-order valence-electron chi connectivity index (χ4n) is 0.685. The van der Waals surface area contributed by atoms with Gasteiger partial charge in [-0.2, -0.15) is 13.2 Å². The smallest absolute Gasteiger partial charge is 0.368 e. The topological polar surface area (TPSA) is 55.1 Å². The lowest BCUT2D eigenvalue weighted by molar-refractivity contribution is -0.130. The average molecular weight is 184 g/mol. The number of carbonyl (C=O) groups is 1. The predicted molar refractivity (Wildman–Crippen MR) is 37.3 cm³/mol. The van der Waals surface area contributed by atoms with Gasteiger partial charge in [0.25, 0.3) is 0 Å². The Morgan fingerprint density at radius 2 is 2.08 bits per heavy atom. The number of halogens is 3. The number of carbonyl (C=O) groups excluding carboxylic acids is 1. The summed E-state index contributed by atoms with van der Waals surface area (Å²) in [4.78, 5) is 10.4. The van der Waals surface area contributed by atoms with Gasteiger partial charge in [0.15, 0.2) is 0 Å². The number of rotatable bonds is 4. The maximum atomic E-state index is 11.6. The fraction of sp³-hybridized carbons (Fsp3) is 0.833. The normalized spacial score (nSPS) is 14.3. The molecule has 72 valence electrons. The van der Waals surface area contributed by atoms with Crippen LogP contribution in [0, 0.1) is 0 Å². The van der Waals surface area contributed by atoms with Crippen LogP contribution >= 0.6 is 0 Å². The lowest BCUT2D eigenvalue weighted by Gasteiger charge is -2.14. The standard InChI is InChI=1S/C6H11F3N2O/c1-2-4(5(10)12)11-3-6(7,8)9/h4,11H,2-3H2,1H3,(H2,10,12). The van der Waals surface area contributed by atoms with E-state index in [9.17, 15) is 18.0 Å². The summed E-state index contributed by atoms with van der Waals surface area (Å²) in [5.74, 6) is -0.762. The molecule has 0 heterocycles. The monoisotopic (exact) mass is 184 g/mol. The average Bonchev–Trinajstić information content (AvgIpc) is 1.85. The van der Waals surface area contributed by atoms with E-state index in [4.69, 9.17) is 5.73 Å². The van der Waals surface area contributed by atoms with Gasteiger partial charge >= 0.3 is 6.18 Å². The van der Waals surface area contributed by atoms with Gasteiger partial charge in [0.05, 0.1) is 12.6 Å². The van der Waals surface area contributed by atoms with Crippen LogP contribution in [0.4, 0.5) is 13.2 Å². The molecule has 0 radical (unpaired) electrons. The molecular formula is C6H11F3N2O. The Balaban J connectivity index is 3.81. The third-order valence-corrected chi connectivity index (χ3v) is 1.30. The Hall–Kier alpha value is -0.780. The van der Waals surface area contributed by atoms with Crippen LogP contribution in [0.1, 0.15) is 13.3 Å². The predicted octanol–water partition coefficient (Wildman–Crippen LogP) is 0.402. The first kappa shape index (κ1) is 11.2. The van der Waals surface area contributed by atoms with Crippen molar-refractivity contribution in [2.24, 2.45) is 5.73 Å². The summed E-state index contributed by atoms with van der Waals surface area (Å²) in [7, 11) is 0. The van der Waals surface area contributed by atoms with Crippen LogP contribution in [0.25, 0.3) is 0 Å². The quantitative estimate of drug-likeness (QED) is 0.664. The maximum Gasteiger partial charge on any atom is 0.401 e. The molecular weight excluding hydrogens is 173 g/mol. The summed E-state index contributed by atoms with van der Waals surface area (Å²) in [6.07, 6.45) is -4.05. The van der Waals surface area contributed by atoms with Crippen molar-refractivity contribution in [3.63, 3.8) is 0 Å². The summed E-state index contributed by atoms with van der Waals surface area (Å²) in [5, 5.41) is 2.01. The van der Waals surface area contributed by atoms with Crippen LogP contribution < -0.4 is 11.1 Å². The first-order chi connectivity index (χ1) is 5.37. The van der Waals surface area contributed by atoms with Crippen LogP contribution in [0.15, 0.2) is 0 Å². The highest BCUT2D eigenvalue weighted by Crippen LogP contribution is 2.12. The molecule has 0 rings (SSSR count). The minimum absolute atomic E-state index is 0.255. The van der Waals surface area contributed by atoms with Gasteiger partial charge in [-0.05, 0) is 6.42 Å². The first-order valence-corrected chi connectivity index (χ1v) is 3.46. The van der Waals surface area contributed by atoms with E-state index in [0.29, 0.717) is 0 Å². The summed E-state index contributed by atoms with van der Waals surface area (Å²) >= 11 is 0. The Bertz CT molecular complexity index is 157. The Morgan fingerprint density at radius 1 is 1.58 bits per heavy atom. The van der Waals surface area contributed by atoms with Crippen molar-refractivity contribution in [1.82, 2.24) is 5.32 Å². The van der Waals surface area contributed by atoms with E-state index < -0.39 is 24.7 Å². The second kappa shape index (κ2) is 4.30. The van der Waals surface area contributed by atoms with Gasteiger partial charge in [0, 0.05) is 0 Å². The molecule has 0 spiro atoms. The number of alkyl halides is 3. The van der Waals surface area contributed by atoms with Gasteiger partial charge in [-0.3, -0.25) is 10.1 Å². The first-order valence-electron chi connectivity index (χ1n) is 3.46. The maximum absolute atomic E-state index is 11.6. The molecule has 0 aliphatic carbocycles. The molecule has 0 aromatic carbocycles. The van der Waals surface area contributed by atoms with Crippen LogP contribution in [0.2, 0.25) is 0 Å². The second-order valence-corrected chi connectivity index (χ2v) is 2.36. The number of amides is 1. The van der Waals surface area contributed by atoms with Crippen molar-refractivity contribution in [2.45, 2.75) is 25.6 Å². The van der Waals surface area contributed by atoms with Gasteiger partial charge in [0.1, 0.15) is 0 Å². The molecule has 0 fully saturated rings. The molecule has 0 aliphatic heterocycles. The molecule has 0 aromatic heterocycles. The zero-order chi connectivity index (χ0) is 9.78. The number of primary amides is 1. The summed E-state index contributed by atoms with van der Waals surface area (Å²) in [6.45, 7) is 0.396. The summed E-state index contributed by atoms with van der Waals surface area (Å²) in [5.41, 5.74) is 4.81. The van der Waals surface area contributed by atoms with Crippen molar-refractivity contribution < 1.29 is 18.0 Å². The van der Waals surface area contributed by atoms with Gasteiger partial charge in [-0.15, -0.1) is 0 Å². The molecule has 0 saturated carbocycles. The third kappa shape index (κ3) is 4.95. The van der Waals surface area contributed by atoms with E-state index in [1.54, 1.807) is 6.92 Å². The molecule has 0 aliphatic rings. The molecule has 6 heteroatoms. The number of hydrogen-bond acceptors (Lipinski definition) is 2. The van der Waals surface area contributed by atoms with Gasteiger partial charge < -0.3 is 5.73 Å². The third-order valence-electron chi connectivity index (χ3n) is 1.30. The van der Waals surface area contributed by atoms with Gasteiger partial charge in [-0.25, -0.2) is 0 Å². The second-order valence-electron chi connectivity index (χ2n) is 2.36. The number of hydrogen-bond donors (Lipinski definition) is 2. The molecule has 12 heavy (non-hydrogen) atoms. The van der Waals surface area contributed by atoms with Crippen molar-refractivity contribution in [2.75, 3.05) is 6.54 Å². The minimum Gasteiger partial charge on any atom is -0.368 e. The molecule has 1 amide bonds. The highest BCUT2D eigenvalue weighted by molar-refractivity contribution is 5.79. The molecule has 3 nitrogen and oxygen atoms in total. The zero-order valence-corrected chi connectivity index (χ0v) is 6.61. The van der Waals surface area contributed by atoms with Crippen LogP contribution in [0.5, 0.6) is 0 Å². The number of nitrogens with two attached hydrogens (primary N) is 1. The molecule has 1 unspecified atom stereocenters. The highest BCUT2D eigenvalue weighted by Gasteiger charge is 2.28. The van der Waals surface area contributed by atoms with Crippen molar-refractivity contribution in [3.8, 4) is 0 Å². The molecule has 0 aromatic rings. The van der Waals surface area contributed by atoms with Crippen molar-refractivity contribution in [1.29, 1.82) is 0 Å². The van der Waals surface area contributed by atoms with E-state index >= 15 is 0 Å². The van der Waals surface area contributed by atoms with E-state index in [0.717, 1.165) is 0 Å². The van der Waals surface area contributed by atoms with Gasteiger partial charge in [-0.1, -0.05) is 6.92 Å². The fourth-order valence-corrected chi connectivity index (χ4v) is 0.685. The van der Waals surface area contributed by atoms with E-state index in [2.05, 4.69) is 0 Å². The molecule has 3 N–H and O–H groups in total. The minimum atomic E-state index is -4.30. The lowest BCUT2D eigenvalue weighted by atomic mass is 10.2. The number of nitrogens with one attached hydrogen (secondary N) is 1. The van der Waals surface area contributed by atoms with E-state index in [-0.39, 0.29) is 6.42 Å². The molecule has 0 bridgehead atoms. The largest absolute Gasteiger partial charge is 0.401 e. The SMILES string of the molecule is CCC(NCC(F)(F)F)C(N)=O. The molecule has 0 saturated heterocycles.